The van der Waals surface area contributed by atoms with Crippen molar-refractivity contribution in [3.8, 4) is 0 Å². The molecule has 0 spiro atoms. The zero-order valence-corrected chi connectivity index (χ0v) is 7.78. The Morgan fingerprint density at radius 3 is 2.85 bits per heavy atom. The van der Waals surface area contributed by atoms with Gasteiger partial charge in [-0.1, -0.05) is 17.7 Å². The fraction of sp³-hybridized carbons (Fsp3) is 0.111. The first-order valence-electron chi connectivity index (χ1n) is 3.67. The molecule has 0 unspecified atom stereocenters. The van der Waals surface area contributed by atoms with Crippen molar-refractivity contribution >= 4 is 17.7 Å². The summed E-state index contributed by atoms with van der Waals surface area (Å²) in [7, 11) is 0. The van der Waals surface area contributed by atoms with Gasteiger partial charge in [0.25, 0.3) is 0 Å². The van der Waals surface area contributed by atoms with Gasteiger partial charge in [-0.25, -0.2) is 0 Å². The molecule has 0 aromatic heterocycles. The van der Waals surface area contributed by atoms with Crippen molar-refractivity contribution in [1.29, 1.82) is 0 Å². The Labute approximate surface area is 80.8 Å². The molecular weight excluding hydrogens is 190 g/mol. The summed E-state index contributed by atoms with van der Waals surface area (Å²) in [5.74, 6) is 0. The molecule has 4 heteroatoms. The quantitative estimate of drug-likeness (QED) is 0.541. The SMILES string of the molecule is Cc1ccc(Cl)cc1/C=C/[N+](=O)[O-]. The Balaban J connectivity index is 3.00. The first-order valence-corrected chi connectivity index (χ1v) is 4.05. The summed E-state index contributed by atoms with van der Waals surface area (Å²) in [5, 5.41) is 10.6. The maximum Gasteiger partial charge on any atom is 0.235 e. The van der Waals surface area contributed by atoms with Crippen LogP contribution in [-0.2, 0) is 0 Å². The summed E-state index contributed by atoms with van der Waals surface area (Å²) in [5.41, 5.74) is 1.73. The van der Waals surface area contributed by atoms with Crippen LogP contribution in [0.25, 0.3) is 6.08 Å². The van der Waals surface area contributed by atoms with Gasteiger partial charge in [-0.05, 0) is 30.2 Å². The van der Waals surface area contributed by atoms with Crippen molar-refractivity contribution < 1.29 is 4.92 Å². The maximum absolute atomic E-state index is 10.1. The van der Waals surface area contributed by atoms with Gasteiger partial charge in [0.2, 0.25) is 6.20 Å². The van der Waals surface area contributed by atoms with Crippen molar-refractivity contribution in [3.05, 3.63) is 50.7 Å². The number of nitro groups is 1. The summed E-state index contributed by atoms with van der Waals surface area (Å²) in [6, 6.07) is 5.26. The summed E-state index contributed by atoms with van der Waals surface area (Å²) >= 11 is 5.73. The van der Waals surface area contributed by atoms with E-state index in [-0.39, 0.29) is 0 Å². The normalized spacial score (nSPS) is 10.6. The van der Waals surface area contributed by atoms with E-state index in [1.807, 2.05) is 13.0 Å². The van der Waals surface area contributed by atoms with Crippen molar-refractivity contribution in [2.24, 2.45) is 0 Å². The zero-order valence-electron chi connectivity index (χ0n) is 7.03. The van der Waals surface area contributed by atoms with Gasteiger partial charge in [0.1, 0.15) is 0 Å². The largest absolute Gasteiger partial charge is 0.259 e. The summed E-state index contributed by atoms with van der Waals surface area (Å²) in [6.45, 7) is 1.87. The van der Waals surface area contributed by atoms with Crippen LogP contribution in [-0.4, -0.2) is 4.92 Å². The van der Waals surface area contributed by atoms with Crippen LogP contribution in [0.1, 0.15) is 11.1 Å². The Bertz CT molecular complexity index is 361. The molecule has 3 nitrogen and oxygen atoms in total. The molecule has 0 saturated carbocycles. The third kappa shape index (κ3) is 2.87. The van der Waals surface area contributed by atoms with Crippen LogP contribution >= 0.6 is 11.6 Å². The molecule has 0 heterocycles. The van der Waals surface area contributed by atoms with E-state index in [9.17, 15) is 10.1 Å². The van der Waals surface area contributed by atoms with Gasteiger partial charge in [0.05, 0.1) is 4.92 Å². The third-order valence-electron chi connectivity index (χ3n) is 1.62. The maximum atomic E-state index is 10.1. The van der Waals surface area contributed by atoms with Crippen molar-refractivity contribution in [2.75, 3.05) is 0 Å². The number of hydrogen-bond donors (Lipinski definition) is 0. The van der Waals surface area contributed by atoms with Crippen LogP contribution < -0.4 is 0 Å². The van der Waals surface area contributed by atoms with E-state index >= 15 is 0 Å². The van der Waals surface area contributed by atoms with E-state index in [4.69, 9.17) is 11.6 Å². The molecule has 13 heavy (non-hydrogen) atoms. The lowest BCUT2D eigenvalue weighted by Gasteiger charge is -1.98. The van der Waals surface area contributed by atoms with Crippen molar-refractivity contribution in [3.63, 3.8) is 0 Å². The average molecular weight is 198 g/mol. The lowest BCUT2D eigenvalue weighted by Crippen LogP contribution is -1.84. The molecule has 68 valence electrons. The molecule has 0 bridgehead atoms. The predicted octanol–water partition coefficient (Wildman–Crippen LogP) is 2.90. The molecule has 0 aliphatic rings. The standard InChI is InChI=1S/C9H8ClNO2/c1-7-2-3-9(10)6-8(7)4-5-11(12)13/h2-6H,1H3/b5-4+. The lowest BCUT2D eigenvalue weighted by atomic mass is 10.1. The second-order valence-corrected chi connectivity index (χ2v) is 3.04. The molecule has 0 radical (unpaired) electrons. The first kappa shape index (κ1) is 9.74. The molecular formula is C9H8ClNO2. The number of benzene rings is 1. The highest BCUT2D eigenvalue weighted by molar-refractivity contribution is 6.30. The van der Waals surface area contributed by atoms with E-state index in [1.54, 1.807) is 12.1 Å². The van der Waals surface area contributed by atoms with Crippen LogP contribution in [0.3, 0.4) is 0 Å². The van der Waals surface area contributed by atoms with E-state index in [0.29, 0.717) is 5.02 Å². The van der Waals surface area contributed by atoms with Crippen LogP contribution in [0.4, 0.5) is 0 Å². The Kier molecular flexibility index (Phi) is 3.03. The summed E-state index contributed by atoms with van der Waals surface area (Å²) < 4.78 is 0. The predicted molar refractivity (Wildman–Crippen MR) is 52.2 cm³/mol. The van der Waals surface area contributed by atoms with Crippen LogP contribution in [0.15, 0.2) is 24.4 Å². The Morgan fingerprint density at radius 1 is 1.54 bits per heavy atom. The molecule has 0 N–H and O–H groups in total. The first-order chi connectivity index (χ1) is 6.09. The minimum Gasteiger partial charge on any atom is -0.259 e. The zero-order chi connectivity index (χ0) is 9.84. The van der Waals surface area contributed by atoms with Crippen LogP contribution in [0.2, 0.25) is 5.02 Å². The Morgan fingerprint density at radius 2 is 2.23 bits per heavy atom. The second-order valence-electron chi connectivity index (χ2n) is 2.60. The number of hydrogen-bond acceptors (Lipinski definition) is 2. The highest BCUT2D eigenvalue weighted by Crippen LogP contribution is 2.16. The number of nitrogens with zero attached hydrogens (tertiary/aromatic N) is 1. The van der Waals surface area contributed by atoms with E-state index in [0.717, 1.165) is 17.3 Å². The molecule has 1 aromatic carbocycles. The molecule has 0 amide bonds. The summed E-state index contributed by atoms with van der Waals surface area (Å²) in [6.07, 6.45) is 2.33. The van der Waals surface area contributed by atoms with E-state index in [1.165, 1.54) is 6.08 Å². The van der Waals surface area contributed by atoms with Gasteiger partial charge in [-0.15, -0.1) is 0 Å². The van der Waals surface area contributed by atoms with Gasteiger partial charge in [0.15, 0.2) is 0 Å². The number of aryl methyl sites for hydroxylation is 1. The van der Waals surface area contributed by atoms with Crippen LogP contribution in [0.5, 0.6) is 0 Å². The number of rotatable bonds is 2. The fourth-order valence-corrected chi connectivity index (χ4v) is 1.11. The minimum absolute atomic E-state index is 0.500. The van der Waals surface area contributed by atoms with Gasteiger partial charge in [0, 0.05) is 11.1 Å². The summed E-state index contributed by atoms with van der Waals surface area (Å²) in [4.78, 5) is 9.55. The van der Waals surface area contributed by atoms with Gasteiger partial charge < -0.3 is 0 Å². The highest BCUT2D eigenvalue weighted by Gasteiger charge is 1.96. The van der Waals surface area contributed by atoms with Crippen LogP contribution in [0, 0.1) is 17.0 Å². The van der Waals surface area contributed by atoms with E-state index < -0.39 is 4.92 Å². The average Bonchev–Trinajstić information content (AvgIpc) is 2.06. The van der Waals surface area contributed by atoms with E-state index in [2.05, 4.69) is 0 Å². The molecule has 1 rings (SSSR count). The van der Waals surface area contributed by atoms with Crippen molar-refractivity contribution in [2.45, 2.75) is 6.92 Å². The molecule has 0 fully saturated rings. The molecule has 1 aromatic rings. The number of halogens is 1. The highest BCUT2D eigenvalue weighted by atomic mass is 35.5. The molecule has 0 aliphatic carbocycles. The molecule has 0 saturated heterocycles. The smallest absolute Gasteiger partial charge is 0.235 e. The van der Waals surface area contributed by atoms with Gasteiger partial charge >= 0.3 is 0 Å². The van der Waals surface area contributed by atoms with Crippen molar-refractivity contribution in [1.82, 2.24) is 0 Å². The Hall–Kier alpha value is -1.35. The third-order valence-corrected chi connectivity index (χ3v) is 1.85. The van der Waals surface area contributed by atoms with Gasteiger partial charge in [-0.3, -0.25) is 10.1 Å². The molecule has 0 atom stereocenters. The fourth-order valence-electron chi connectivity index (χ4n) is 0.932. The lowest BCUT2D eigenvalue weighted by molar-refractivity contribution is -0.400. The van der Waals surface area contributed by atoms with Gasteiger partial charge in [-0.2, -0.15) is 0 Å². The minimum atomic E-state index is -0.500. The monoisotopic (exact) mass is 197 g/mol. The molecule has 0 aliphatic heterocycles. The second kappa shape index (κ2) is 4.05. The topological polar surface area (TPSA) is 43.1 Å².